The van der Waals surface area contributed by atoms with Crippen molar-refractivity contribution in [2.24, 2.45) is 0 Å². The maximum absolute atomic E-state index is 12.3. The summed E-state index contributed by atoms with van der Waals surface area (Å²) < 4.78 is 5.35. The maximum atomic E-state index is 12.3. The normalized spacial score (nSPS) is 14.3. The smallest absolute Gasteiger partial charge is 0.254 e. The van der Waals surface area contributed by atoms with Gasteiger partial charge >= 0.3 is 0 Å². The Bertz CT molecular complexity index is 533. The number of hydrogen-bond donors (Lipinski definition) is 0. The first-order chi connectivity index (χ1) is 10.1. The van der Waals surface area contributed by atoms with Crippen LogP contribution in [0.2, 0.25) is 0 Å². The number of likely N-dealkylation sites (tertiary alicyclic amines) is 1. The van der Waals surface area contributed by atoms with E-state index in [0.717, 1.165) is 5.75 Å². The zero-order valence-electron chi connectivity index (χ0n) is 12.4. The van der Waals surface area contributed by atoms with Gasteiger partial charge in [0.05, 0.1) is 12.6 Å². The highest BCUT2D eigenvalue weighted by atomic mass is 16.5. The summed E-state index contributed by atoms with van der Waals surface area (Å²) in [5, 5.41) is 0. The molecule has 1 heterocycles. The molecule has 1 aromatic carbocycles. The van der Waals surface area contributed by atoms with E-state index in [-0.39, 0.29) is 17.9 Å². The van der Waals surface area contributed by atoms with Gasteiger partial charge in [0.15, 0.2) is 0 Å². The largest absolute Gasteiger partial charge is 0.494 e. The highest BCUT2D eigenvalue weighted by Gasteiger charge is 2.34. The van der Waals surface area contributed by atoms with Crippen LogP contribution in [0.15, 0.2) is 36.9 Å². The van der Waals surface area contributed by atoms with Crippen molar-refractivity contribution in [2.45, 2.75) is 13.0 Å². The molecular formula is C16H20N2O3. The van der Waals surface area contributed by atoms with Crippen LogP contribution in [0.4, 0.5) is 0 Å². The Morgan fingerprint density at radius 2 is 2.00 bits per heavy atom. The molecule has 112 valence electrons. The van der Waals surface area contributed by atoms with Crippen molar-refractivity contribution in [1.29, 1.82) is 0 Å². The Morgan fingerprint density at radius 1 is 1.38 bits per heavy atom. The molecule has 0 atom stereocenters. The van der Waals surface area contributed by atoms with Crippen molar-refractivity contribution in [1.82, 2.24) is 9.80 Å². The highest BCUT2D eigenvalue weighted by molar-refractivity contribution is 5.95. The molecule has 0 aromatic heterocycles. The molecule has 1 saturated heterocycles. The summed E-state index contributed by atoms with van der Waals surface area (Å²) >= 11 is 0. The summed E-state index contributed by atoms with van der Waals surface area (Å²) in [6.07, 6.45) is 1.29. The van der Waals surface area contributed by atoms with Crippen LogP contribution in [0.1, 0.15) is 17.3 Å². The van der Waals surface area contributed by atoms with Gasteiger partial charge in [0.25, 0.3) is 5.91 Å². The SMILES string of the molecule is C=CC(=O)N(C)C1CN(C(=O)c2ccc(OCC)cc2)C1. The van der Waals surface area contributed by atoms with Gasteiger partial charge in [0.2, 0.25) is 5.91 Å². The third-order valence-electron chi connectivity index (χ3n) is 3.63. The molecule has 0 unspecified atom stereocenters. The molecule has 0 spiro atoms. The number of rotatable bonds is 5. The summed E-state index contributed by atoms with van der Waals surface area (Å²) in [7, 11) is 1.73. The molecule has 5 nitrogen and oxygen atoms in total. The minimum Gasteiger partial charge on any atom is -0.494 e. The molecular weight excluding hydrogens is 268 g/mol. The number of nitrogens with zero attached hydrogens (tertiary/aromatic N) is 2. The van der Waals surface area contributed by atoms with Crippen molar-refractivity contribution in [3.8, 4) is 5.75 Å². The van der Waals surface area contributed by atoms with Crippen LogP contribution in [-0.4, -0.2) is 54.4 Å². The van der Waals surface area contributed by atoms with Gasteiger partial charge in [-0.2, -0.15) is 0 Å². The molecule has 2 rings (SSSR count). The van der Waals surface area contributed by atoms with E-state index in [0.29, 0.717) is 25.3 Å². The van der Waals surface area contributed by atoms with Crippen LogP contribution in [0, 0.1) is 0 Å². The van der Waals surface area contributed by atoms with Gasteiger partial charge in [-0.15, -0.1) is 0 Å². The average Bonchev–Trinajstić information content (AvgIpc) is 2.45. The quantitative estimate of drug-likeness (QED) is 0.773. The number of carbonyl (C=O) groups is 2. The number of benzene rings is 1. The second-order valence-electron chi connectivity index (χ2n) is 4.97. The van der Waals surface area contributed by atoms with E-state index < -0.39 is 0 Å². The van der Waals surface area contributed by atoms with Crippen molar-refractivity contribution >= 4 is 11.8 Å². The summed E-state index contributed by atoms with van der Waals surface area (Å²) in [5.74, 6) is 0.619. The fourth-order valence-electron chi connectivity index (χ4n) is 2.23. The fraction of sp³-hybridized carbons (Fsp3) is 0.375. The molecule has 2 amide bonds. The van der Waals surface area contributed by atoms with E-state index in [9.17, 15) is 9.59 Å². The summed E-state index contributed by atoms with van der Waals surface area (Å²) in [5.41, 5.74) is 0.634. The van der Waals surface area contributed by atoms with Crippen LogP contribution >= 0.6 is 0 Å². The van der Waals surface area contributed by atoms with Crippen LogP contribution in [0.5, 0.6) is 5.75 Å². The number of hydrogen-bond acceptors (Lipinski definition) is 3. The Kier molecular flexibility index (Phi) is 4.62. The predicted octanol–water partition coefficient (Wildman–Crippen LogP) is 1.55. The zero-order chi connectivity index (χ0) is 15.4. The average molecular weight is 288 g/mol. The minimum atomic E-state index is -0.117. The first-order valence-electron chi connectivity index (χ1n) is 6.98. The van der Waals surface area contributed by atoms with E-state index in [2.05, 4.69) is 6.58 Å². The summed E-state index contributed by atoms with van der Waals surface area (Å²) in [4.78, 5) is 27.1. The summed E-state index contributed by atoms with van der Waals surface area (Å²) in [6.45, 7) is 7.10. The van der Waals surface area contributed by atoms with Crippen molar-refractivity contribution < 1.29 is 14.3 Å². The summed E-state index contributed by atoms with van der Waals surface area (Å²) in [6, 6.07) is 7.18. The van der Waals surface area contributed by atoms with E-state index in [1.54, 1.807) is 41.1 Å². The number of carbonyl (C=O) groups excluding carboxylic acids is 2. The predicted molar refractivity (Wildman–Crippen MR) is 80.3 cm³/mol. The number of amides is 2. The first kappa shape index (κ1) is 15.1. The number of likely N-dealkylation sites (N-methyl/N-ethyl adjacent to an activating group) is 1. The van der Waals surface area contributed by atoms with E-state index >= 15 is 0 Å². The molecule has 0 saturated carbocycles. The van der Waals surface area contributed by atoms with Crippen LogP contribution < -0.4 is 4.74 Å². The van der Waals surface area contributed by atoms with Gasteiger partial charge in [0.1, 0.15) is 5.75 Å². The van der Waals surface area contributed by atoms with Gasteiger partial charge in [-0.25, -0.2) is 0 Å². The lowest BCUT2D eigenvalue weighted by Crippen LogP contribution is -2.61. The standard InChI is InChI=1S/C16H20N2O3/c1-4-15(19)17(3)13-10-18(11-13)16(20)12-6-8-14(9-7-12)21-5-2/h4,6-9,13H,1,5,10-11H2,2-3H3. The molecule has 1 fully saturated rings. The third kappa shape index (κ3) is 3.24. The van der Waals surface area contributed by atoms with Crippen LogP contribution in [0.3, 0.4) is 0 Å². The highest BCUT2D eigenvalue weighted by Crippen LogP contribution is 2.19. The third-order valence-corrected chi connectivity index (χ3v) is 3.63. The zero-order valence-corrected chi connectivity index (χ0v) is 12.4. The Labute approximate surface area is 124 Å². The maximum Gasteiger partial charge on any atom is 0.254 e. The molecule has 21 heavy (non-hydrogen) atoms. The van der Waals surface area contributed by atoms with Crippen molar-refractivity contribution in [3.63, 3.8) is 0 Å². The molecule has 0 radical (unpaired) electrons. The molecule has 0 bridgehead atoms. The van der Waals surface area contributed by atoms with E-state index in [4.69, 9.17) is 4.74 Å². The van der Waals surface area contributed by atoms with Crippen molar-refractivity contribution in [2.75, 3.05) is 26.7 Å². The fourth-order valence-corrected chi connectivity index (χ4v) is 2.23. The lowest BCUT2D eigenvalue weighted by atomic mass is 10.0. The van der Waals surface area contributed by atoms with Crippen LogP contribution in [0.25, 0.3) is 0 Å². The molecule has 0 aliphatic carbocycles. The van der Waals surface area contributed by atoms with Gasteiger partial charge in [-0.05, 0) is 37.3 Å². The molecule has 1 aliphatic rings. The lowest BCUT2D eigenvalue weighted by Gasteiger charge is -2.43. The molecule has 1 aromatic rings. The van der Waals surface area contributed by atoms with Gasteiger partial charge in [0, 0.05) is 25.7 Å². The Hall–Kier alpha value is -2.30. The monoisotopic (exact) mass is 288 g/mol. The van der Waals surface area contributed by atoms with Gasteiger partial charge in [-0.3, -0.25) is 9.59 Å². The Morgan fingerprint density at radius 3 is 2.52 bits per heavy atom. The van der Waals surface area contributed by atoms with E-state index in [1.165, 1.54) is 6.08 Å². The molecule has 1 aliphatic heterocycles. The lowest BCUT2D eigenvalue weighted by molar-refractivity contribution is -0.129. The Balaban J connectivity index is 1.91. The second-order valence-corrected chi connectivity index (χ2v) is 4.97. The second kappa shape index (κ2) is 6.43. The first-order valence-corrected chi connectivity index (χ1v) is 6.98. The van der Waals surface area contributed by atoms with Gasteiger partial charge in [-0.1, -0.05) is 6.58 Å². The molecule has 5 heteroatoms. The van der Waals surface area contributed by atoms with Crippen LogP contribution in [-0.2, 0) is 4.79 Å². The number of ether oxygens (including phenoxy) is 1. The van der Waals surface area contributed by atoms with Crippen molar-refractivity contribution in [3.05, 3.63) is 42.5 Å². The molecule has 0 N–H and O–H groups in total. The van der Waals surface area contributed by atoms with E-state index in [1.807, 2.05) is 6.92 Å². The van der Waals surface area contributed by atoms with Gasteiger partial charge < -0.3 is 14.5 Å². The minimum absolute atomic E-state index is 0.0197. The topological polar surface area (TPSA) is 49.9 Å².